The molecule has 0 radical (unpaired) electrons. The zero-order chi connectivity index (χ0) is 14.0. The molecule has 1 heterocycles. The summed E-state index contributed by atoms with van der Waals surface area (Å²) in [5.41, 5.74) is 0. The number of benzene rings is 1. The molecule has 1 aliphatic rings. The van der Waals surface area contributed by atoms with Gasteiger partial charge in [0.2, 0.25) is 6.29 Å². The van der Waals surface area contributed by atoms with E-state index in [0.717, 1.165) is 0 Å². The highest BCUT2D eigenvalue weighted by Crippen LogP contribution is 2.28. The molecule has 0 bridgehead atoms. The first-order valence-corrected chi connectivity index (χ1v) is 6.14. The highest BCUT2D eigenvalue weighted by Gasteiger charge is 2.44. The second-order valence-electron chi connectivity index (χ2n) is 4.25. The summed E-state index contributed by atoms with van der Waals surface area (Å²) in [5.74, 6) is 0.272. The molecular weight excluding hydrogens is 276 g/mol. The van der Waals surface area contributed by atoms with Crippen LogP contribution in [0.3, 0.4) is 0 Å². The fraction of sp³-hybridized carbons (Fsp3) is 0.500. The minimum absolute atomic E-state index is 0.272. The van der Waals surface area contributed by atoms with Crippen molar-refractivity contribution in [3.8, 4) is 5.75 Å². The summed E-state index contributed by atoms with van der Waals surface area (Å²) in [4.78, 5) is 0. The Labute approximate surface area is 114 Å². The number of hydrogen-bond donors (Lipinski definition) is 4. The third-order valence-electron chi connectivity index (χ3n) is 2.93. The van der Waals surface area contributed by atoms with Gasteiger partial charge in [-0.1, -0.05) is 23.7 Å². The van der Waals surface area contributed by atoms with Crippen molar-refractivity contribution in [1.29, 1.82) is 0 Å². The van der Waals surface area contributed by atoms with E-state index >= 15 is 0 Å². The van der Waals surface area contributed by atoms with Crippen molar-refractivity contribution in [3.05, 3.63) is 29.3 Å². The summed E-state index contributed by atoms with van der Waals surface area (Å²) in [6, 6.07) is 6.57. The van der Waals surface area contributed by atoms with E-state index in [4.69, 9.17) is 26.2 Å². The maximum absolute atomic E-state index is 9.79. The first-order chi connectivity index (χ1) is 9.04. The van der Waals surface area contributed by atoms with E-state index in [0.29, 0.717) is 5.02 Å². The molecule has 0 saturated carbocycles. The number of aliphatic hydroxyl groups excluding tert-OH is 4. The van der Waals surface area contributed by atoms with E-state index in [-0.39, 0.29) is 5.75 Å². The zero-order valence-corrected chi connectivity index (χ0v) is 10.6. The number of para-hydroxylation sites is 1. The van der Waals surface area contributed by atoms with Crippen LogP contribution in [0.4, 0.5) is 0 Å². The Kier molecular flexibility index (Phi) is 4.62. The number of ether oxygens (including phenoxy) is 2. The van der Waals surface area contributed by atoms with Gasteiger partial charge in [-0.15, -0.1) is 0 Å². The number of aliphatic hydroxyl groups is 4. The molecule has 3 unspecified atom stereocenters. The minimum atomic E-state index is -1.47. The maximum atomic E-state index is 9.79. The van der Waals surface area contributed by atoms with Crippen LogP contribution in [0.25, 0.3) is 0 Å². The van der Waals surface area contributed by atoms with E-state index in [9.17, 15) is 15.3 Å². The van der Waals surface area contributed by atoms with Crippen LogP contribution < -0.4 is 4.74 Å². The van der Waals surface area contributed by atoms with Gasteiger partial charge in [0.25, 0.3) is 0 Å². The van der Waals surface area contributed by atoms with Crippen LogP contribution in [0.5, 0.6) is 5.75 Å². The van der Waals surface area contributed by atoms with Crippen LogP contribution in [-0.2, 0) is 4.74 Å². The lowest BCUT2D eigenvalue weighted by atomic mass is 9.99. The van der Waals surface area contributed by atoms with Crippen molar-refractivity contribution in [2.45, 2.75) is 30.7 Å². The van der Waals surface area contributed by atoms with Crippen molar-refractivity contribution in [2.24, 2.45) is 0 Å². The average Bonchev–Trinajstić information content (AvgIpc) is 2.41. The van der Waals surface area contributed by atoms with Crippen LogP contribution in [0.1, 0.15) is 0 Å². The van der Waals surface area contributed by atoms with Crippen molar-refractivity contribution in [2.75, 3.05) is 6.61 Å². The zero-order valence-electron chi connectivity index (χ0n) is 9.89. The molecule has 0 aliphatic carbocycles. The monoisotopic (exact) mass is 290 g/mol. The molecule has 0 aromatic heterocycles. The summed E-state index contributed by atoms with van der Waals surface area (Å²) in [7, 11) is 0. The Hall–Kier alpha value is -0.890. The first-order valence-electron chi connectivity index (χ1n) is 5.76. The Balaban J connectivity index is 2.13. The summed E-state index contributed by atoms with van der Waals surface area (Å²) in [6.45, 7) is -0.507. The van der Waals surface area contributed by atoms with Gasteiger partial charge in [0, 0.05) is 0 Å². The second-order valence-corrected chi connectivity index (χ2v) is 4.65. The van der Waals surface area contributed by atoms with Crippen molar-refractivity contribution < 1.29 is 29.9 Å². The Bertz CT molecular complexity index is 426. The fourth-order valence-corrected chi connectivity index (χ4v) is 2.01. The first kappa shape index (κ1) is 14.5. The summed E-state index contributed by atoms with van der Waals surface area (Å²) >= 11 is 5.90. The highest BCUT2D eigenvalue weighted by atomic mass is 35.5. The standard InChI is InChI=1S/C12H15ClO6/c13-6-3-1-2-4-7(6)18-12-11(17)10(16)9(15)8(5-14)19-12/h1-4,8-12,14-17H,5H2/t8?,9?,10-,11+,12?/m0/s1. The predicted octanol–water partition coefficient (Wildman–Crippen LogP) is -0.481. The smallest absolute Gasteiger partial charge is 0.229 e. The maximum Gasteiger partial charge on any atom is 0.229 e. The van der Waals surface area contributed by atoms with Gasteiger partial charge in [0.1, 0.15) is 30.2 Å². The van der Waals surface area contributed by atoms with E-state index in [1.807, 2.05) is 0 Å². The topological polar surface area (TPSA) is 99.4 Å². The third kappa shape index (κ3) is 3.00. The molecule has 1 aliphatic heterocycles. The normalized spacial score (nSPS) is 35.1. The third-order valence-corrected chi connectivity index (χ3v) is 3.24. The highest BCUT2D eigenvalue weighted by molar-refractivity contribution is 6.32. The molecule has 0 spiro atoms. The lowest BCUT2D eigenvalue weighted by molar-refractivity contribution is -0.277. The molecule has 4 N–H and O–H groups in total. The Morgan fingerprint density at radius 1 is 1.11 bits per heavy atom. The van der Waals surface area contributed by atoms with Crippen molar-refractivity contribution >= 4 is 11.6 Å². The molecule has 7 heteroatoms. The SMILES string of the molecule is OCC1OC(Oc2ccccc2Cl)[C@H](O)[C@@H](O)C1O. The predicted molar refractivity (Wildman–Crippen MR) is 65.8 cm³/mol. The molecule has 5 atom stereocenters. The molecule has 1 aromatic rings. The van der Waals surface area contributed by atoms with Crippen LogP contribution in [0.2, 0.25) is 5.02 Å². The Morgan fingerprint density at radius 3 is 2.42 bits per heavy atom. The number of hydrogen-bond acceptors (Lipinski definition) is 6. The van der Waals surface area contributed by atoms with E-state index in [2.05, 4.69) is 0 Å². The van der Waals surface area contributed by atoms with Gasteiger partial charge in [-0.25, -0.2) is 0 Å². The fourth-order valence-electron chi connectivity index (χ4n) is 1.83. The lowest BCUT2D eigenvalue weighted by Crippen LogP contribution is -2.60. The summed E-state index contributed by atoms with van der Waals surface area (Å²) in [5, 5.41) is 38.4. The van der Waals surface area contributed by atoms with E-state index in [1.165, 1.54) is 0 Å². The van der Waals surface area contributed by atoms with E-state index < -0.39 is 37.3 Å². The van der Waals surface area contributed by atoms with Crippen LogP contribution in [0, 0.1) is 0 Å². The lowest BCUT2D eigenvalue weighted by Gasteiger charge is -2.39. The van der Waals surface area contributed by atoms with Crippen LogP contribution >= 0.6 is 11.6 Å². The van der Waals surface area contributed by atoms with Gasteiger partial charge >= 0.3 is 0 Å². The van der Waals surface area contributed by atoms with Gasteiger partial charge in [-0.05, 0) is 12.1 Å². The molecule has 1 fully saturated rings. The van der Waals surface area contributed by atoms with Crippen LogP contribution in [-0.4, -0.2) is 57.7 Å². The quantitative estimate of drug-likeness (QED) is 0.600. The Morgan fingerprint density at radius 2 is 1.79 bits per heavy atom. The molecule has 6 nitrogen and oxygen atoms in total. The molecule has 0 amide bonds. The second kappa shape index (κ2) is 6.04. The minimum Gasteiger partial charge on any atom is -0.460 e. The molecule has 1 aromatic carbocycles. The van der Waals surface area contributed by atoms with Gasteiger partial charge in [0.15, 0.2) is 0 Å². The summed E-state index contributed by atoms with van der Waals surface area (Å²) in [6.07, 6.45) is -6.57. The summed E-state index contributed by atoms with van der Waals surface area (Å²) < 4.78 is 10.6. The molecule has 19 heavy (non-hydrogen) atoms. The average molecular weight is 291 g/mol. The van der Waals surface area contributed by atoms with E-state index in [1.54, 1.807) is 24.3 Å². The van der Waals surface area contributed by atoms with Gasteiger partial charge in [-0.3, -0.25) is 0 Å². The van der Waals surface area contributed by atoms with Crippen molar-refractivity contribution in [3.63, 3.8) is 0 Å². The molecule has 106 valence electrons. The largest absolute Gasteiger partial charge is 0.460 e. The molecule has 1 saturated heterocycles. The van der Waals surface area contributed by atoms with Gasteiger partial charge < -0.3 is 29.9 Å². The number of rotatable bonds is 3. The van der Waals surface area contributed by atoms with Gasteiger partial charge in [0.05, 0.1) is 11.6 Å². The molecular formula is C12H15ClO6. The van der Waals surface area contributed by atoms with Gasteiger partial charge in [-0.2, -0.15) is 0 Å². The van der Waals surface area contributed by atoms with Crippen LogP contribution in [0.15, 0.2) is 24.3 Å². The molecule has 2 rings (SSSR count). The van der Waals surface area contributed by atoms with Crippen molar-refractivity contribution in [1.82, 2.24) is 0 Å². The number of halogens is 1.